The minimum absolute atomic E-state index is 0.0551. The van der Waals surface area contributed by atoms with Crippen molar-refractivity contribution < 1.29 is 20.4 Å². The van der Waals surface area contributed by atoms with Crippen LogP contribution >= 0.6 is 0 Å². The maximum Gasteiger partial charge on any atom is 0.119 e. The van der Waals surface area contributed by atoms with E-state index >= 15 is 0 Å². The third kappa shape index (κ3) is 2.35. The van der Waals surface area contributed by atoms with Gasteiger partial charge in [-0.15, -0.1) is 0 Å². The van der Waals surface area contributed by atoms with E-state index in [0.29, 0.717) is 5.92 Å². The van der Waals surface area contributed by atoms with Gasteiger partial charge in [0.2, 0.25) is 0 Å². The van der Waals surface area contributed by atoms with E-state index in [2.05, 4.69) is 17.9 Å². The molecule has 2 rings (SSSR count). The lowest BCUT2D eigenvalue weighted by atomic mass is 9.61. The molecule has 0 heterocycles. The molecule has 0 aromatic carbocycles. The van der Waals surface area contributed by atoms with Crippen molar-refractivity contribution in [2.45, 2.75) is 57.7 Å². The van der Waals surface area contributed by atoms with Crippen molar-refractivity contribution in [1.82, 2.24) is 0 Å². The standard InChI is InChI=1S/C15H26O4/c1-11-4-5-12(14(3,17)10-16)15(11)8-6-13(2,19-18)7-9-15/h6,8,11-12,16-18H,4-5,7,9-10H2,1-3H3/t11-,12+,13-,14+,15+/m0/s1. The van der Waals surface area contributed by atoms with Crippen molar-refractivity contribution in [2.24, 2.45) is 17.3 Å². The van der Waals surface area contributed by atoms with Gasteiger partial charge in [-0.1, -0.05) is 19.1 Å². The van der Waals surface area contributed by atoms with Crippen molar-refractivity contribution in [1.29, 1.82) is 0 Å². The molecule has 5 atom stereocenters. The highest BCUT2D eigenvalue weighted by Crippen LogP contribution is 2.58. The molecule has 0 aliphatic heterocycles. The Bertz CT molecular complexity index is 365. The largest absolute Gasteiger partial charge is 0.393 e. The molecular weight excluding hydrogens is 244 g/mol. The molecule has 3 N–H and O–H groups in total. The van der Waals surface area contributed by atoms with Crippen LogP contribution in [0.2, 0.25) is 0 Å². The highest BCUT2D eigenvalue weighted by atomic mass is 17.1. The summed E-state index contributed by atoms with van der Waals surface area (Å²) >= 11 is 0. The fourth-order valence-electron chi connectivity index (χ4n) is 4.04. The van der Waals surface area contributed by atoms with Crippen molar-refractivity contribution in [3.05, 3.63) is 12.2 Å². The molecule has 1 spiro atoms. The molecule has 110 valence electrons. The predicted molar refractivity (Wildman–Crippen MR) is 72.5 cm³/mol. The zero-order chi connectivity index (χ0) is 14.3. The van der Waals surface area contributed by atoms with E-state index in [1.54, 1.807) is 6.92 Å². The second-order valence-electron chi connectivity index (χ2n) is 6.90. The summed E-state index contributed by atoms with van der Waals surface area (Å²) in [5.74, 6) is 0.523. The van der Waals surface area contributed by atoms with Crippen molar-refractivity contribution in [2.75, 3.05) is 6.61 Å². The van der Waals surface area contributed by atoms with Crippen molar-refractivity contribution in [3.63, 3.8) is 0 Å². The fraction of sp³-hybridized carbons (Fsp3) is 0.867. The van der Waals surface area contributed by atoms with Gasteiger partial charge in [0.1, 0.15) is 5.60 Å². The SMILES string of the molecule is C[C@H]1CC[C@H]([C@](C)(O)CO)[C@@]12C=C[C@](C)(OO)CC2. The van der Waals surface area contributed by atoms with Gasteiger partial charge < -0.3 is 10.2 Å². The molecule has 4 heteroatoms. The number of hydrogen-bond donors (Lipinski definition) is 3. The summed E-state index contributed by atoms with van der Waals surface area (Å²) in [4.78, 5) is 4.57. The molecule has 0 aromatic rings. The molecule has 2 aliphatic carbocycles. The van der Waals surface area contributed by atoms with Gasteiger partial charge >= 0.3 is 0 Å². The Morgan fingerprint density at radius 2 is 2.00 bits per heavy atom. The Kier molecular flexibility index (Phi) is 3.82. The average molecular weight is 270 g/mol. The minimum atomic E-state index is -1.05. The van der Waals surface area contributed by atoms with Crippen LogP contribution in [0.3, 0.4) is 0 Å². The summed E-state index contributed by atoms with van der Waals surface area (Å²) in [7, 11) is 0. The van der Waals surface area contributed by atoms with Gasteiger partial charge in [0, 0.05) is 0 Å². The van der Waals surface area contributed by atoms with Crippen LogP contribution in [0.25, 0.3) is 0 Å². The summed E-state index contributed by atoms with van der Waals surface area (Å²) in [6, 6.07) is 0. The lowest BCUT2D eigenvalue weighted by Gasteiger charge is -2.47. The van der Waals surface area contributed by atoms with Gasteiger partial charge in [-0.2, -0.15) is 0 Å². The van der Waals surface area contributed by atoms with Crippen LogP contribution in [-0.2, 0) is 4.89 Å². The first-order valence-corrected chi connectivity index (χ1v) is 7.16. The number of allylic oxidation sites excluding steroid dienone is 1. The van der Waals surface area contributed by atoms with Gasteiger partial charge in [0.05, 0.1) is 12.2 Å². The van der Waals surface area contributed by atoms with Gasteiger partial charge in [-0.05, 0) is 56.8 Å². The zero-order valence-corrected chi connectivity index (χ0v) is 12.1. The Morgan fingerprint density at radius 1 is 1.32 bits per heavy atom. The smallest absolute Gasteiger partial charge is 0.119 e. The Hall–Kier alpha value is -0.420. The van der Waals surface area contributed by atoms with Crippen LogP contribution in [-0.4, -0.2) is 33.3 Å². The normalized spacial score (nSPS) is 45.6. The maximum absolute atomic E-state index is 10.5. The maximum atomic E-state index is 10.5. The van der Waals surface area contributed by atoms with Gasteiger partial charge in [-0.3, -0.25) is 5.26 Å². The quantitative estimate of drug-likeness (QED) is 0.418. The van der Waals surface area contributed by atoms with Gasteiger partial charge in [-0.25, -0.2) is 4.89 Å². The molecule has 0 bridgehead atoms. The highest BCUT2D eigenvalue weighted by Gasteiger charge is 2.54. The fourth-order valence-corrected chi connectivity index (χ4v) is 4.04. The van der Waals surface area contributed by atoms with Crippen LogP contribution in [0.4, 0.5) is 0 Å². The molecule has 19 heavy (non-hydrogen) atoms. The summed E-state index contributed by atoms with van der Waals surface area (Å²) in [6.45, 7) is 5.57. The van der Waals surface area contributed by atoms with Crippen molar-refractivity contribution in [3.8, 4) is 0 Å². The molecule has 0 aromatic heterocycles. The summed E-state index contributed by atoms with van der Waals surface area (Å²) in [6.07, 6.45) is 7.60. The van der Waals surface area contributed by atoms with E-state index in [-0.39, 0.29) is 17.9 Å². The number of aliphatic hydroxyl groups excluding tert-OH is 1. The molecule has 4 nitrogen and oxygen atoms in total. The second kappa shape index (κ2) is 4.85. The van der Waals surface area contributed by atoms with E-state index in [1.807, 2.05) is 13.0 Å². The van der Waals surface area contributed by atoms with Crippen LogP contribution in [0.15, 0.2) is 12.2 Å². The molecule has 1 saturated carbocycles. The average Bonchev–Trinajstić information content (AvgIpc) is 2.72. The lowest BCUT2D eigenvalue weighted by molar-refractivity contribution is -0.307. The molecule has 1 fully saturated rings. The van der Waals surface area contributed by atoms with Gasteiger partial charge in [0.25, 0.3) is 0 Å². The Balaban J connectivity index is 2.33. The number of hydrogen-bond acceptors (Lipinski definition) is 4. The van der Waals surface area contributed by atoms with E-state index in [1.165, 1.54) is 0 Å². The summed E-state index contributed by atoms with van der Waals surface area (Å²) in [5.41, 5.74) is -1.77. The zero-order valence-electron chi connectivity index (χ0n) is 12.1. The third-order valence-electron chi connectivity index (χ3n) is 5.53. The van der Waals surface area contributed by atoms with Gasteiger partial charge in [0.15, 0.2) is 0 Å². The van der Waals surface area contributed by atoms with Crippen LogP contribution in [0, 0.1) is 17.3 Å². The highest BCUT2D eigenvalue weighted by molar-refractivity contribution is 5.19. The van der Waals surface area contributed by atoms with E-state index in [9.17, 15) is 10.2 Å². The molecule has 0 saturated heterocycles. The van der Waals surface area contributed by atoms with E-state index < -0.39 is 11.2 Å². The topological polar surface area (TPSA) is 69.9 Å². The molecule has 2 aliphatic rings. The van der Waals surface area contributed by atoms with Crippen molar-refractivity contribution >= 4 is 0 Å². The summed E-state index contributed by atoms with van der Waals surface area (Å²) in [5, 5.41) is 28.9. The monoisotopic (exact) mass is 270 g/mol. The summed E-state index contributed by atoms with van der Waals surface area (Å²) < 4.78 is 0. The first-order valence-electron chi connectivity index (χ1n) is 7.16. The third-order valence-corrected chi connectivity index (χ3v) is 5.53. The predicted octanol–water partition coefficient (Wildman–Crippen LogP) is 2.36. The minimum Gasteiger partial charge on any atom is -0.393 e. The lowest BCUT2D eigenvalue weighted by Crippen LogP contribution is -2.48. The second-order valence-corrected chi connectivity index (χ2v) is 6.90. The van der Waals surface area contributed by atoms with Crippen LogP contribution in [0.1, 0.15) is 46.5 Å². The molecule has 0 amide bonds. The van der Waals surface area contributed by atoms with Crippen LogP contribution in [0.5, 0.6) is 0 Å². The Labute approximate surface area is 115 Å². The molecular formula is C15H26O4. The first-order chi connectivity index (χ1) is 8.80. The molecule has 0 radical (unpaired) electrons. The van der Waals surface area contributed by atoms with E-state index in [4.69, 9.17) is 5.26 Å². The number of rotatable bonds is 3. The first kappa shape index (κ1) is 15.0. The van der Waals surface area contributed by atoms with Crippen LogP contribution < -0.4 is 0 Å². The number of aliphatic hydroxyl groups is 2. The Morgan fingerprint density at radius 3 is 2.47 bits per heavy atom. The molecule has 0 unspecified atom stereocenters. The van der Waals surface area contributed by atoms with E-state index in [0.717, 1.165) is 25.7 Å².